The third-order valence-electron chi connectivity index (χ3n) is 2.29. The summed E-state index contributed by atoms with van der Waals surface area (Å²) in [5.74, 6) is -1.56. The molecular formula is C12H18F2O8S. The zero-order chi connectivity index (χ0) is 18.1. The van der Waals surface area contributed by atoms with Crippen LogP contribution in [0, 0.1) is 0 Å². The van der Waals surface area contributed by atoms with E-state index in [0.717, 1.165) is 0 Å². The maximum absolute atomic E-state index is 12.8. The van der Waals surface area contributed by atoms with Crippen LogP contribution in [-0.4, -0.2) is 56.6 Å². The monoisotopic (exact) mass is 360 g/mol. The number of halogens is 2. The van der Waals surface area contributed by atoms with E-state index in [0.29, 0.717) is 0 Å². The number of esters is 2. The number of hydrogen-bond acceptors (Lipinski definition) is 7. The van der Waals surface area contributed by atoms with Crippen LogP contribution in [0.1, 0.15) is 19.8 Å². The van der Waals surface area contributed by atoms with Crippen molar-refractivity contribution in [2.75, 3.05) is 26.4 Å². The molecule has 0 bridgehead atoms. The number of rotatable bonds is 11. The van der Waals surface area contributed by atoms with Gasteiger partial charge in [0.15, 0.2) is 6.61 Å². The topological polar surface area (TPSA) is 116 Å². The Labute approximate surface area is 132 Å². The molecule has 0 aliphatic rings. The summed E-state index contributed by atoms with van der Waals surface area (Å²) in [4.78, 5) is 22.1. The van der Waals surface area contributed by atoms with Crippen molar-refractivity contribution in [2.45, 2.75) is 25.0 Å². The van der Waals surface area contributed by atoms with Crippen LogP contribution in [0.15, 0.2) is 12.2 Å². The van der Waals surface area contributed by atoms with Gasteiger partial charge in [0.25, 0.3) is 0 Å². The van der Waals surface area contributed by atoms with Crippen LogP contribution in [0.25, 0.3) is 0 Å². The Kier molecular flexibility index (Phi) is 8.87. The molecule has 0 saturated carbocycles. The van der Waals surface area contributed by atoms with Gasteiger partial charge < -0.3 is 14.2 Å². The standard InChI is InChI=1S/C12H18F2O8S/c1-9(2)11(16)22-8-10(15)21-7-6-20-5-3-4-12(13,14)23(17,18)19/h1,3-8H2,2H3,(H,17,18,19). The quantitative estimate of drug-likeness (QED) is 0.250. The zero-order valence-electron chi connectivity index (χ0n) is 12.4. The van der Waals surface area contributed by atoms with Crippen molar-refractivity contribution < 1.29 is 45.6 Å². The maximum atomic E-state index is 12.8. The Morgan fingerprint density at radius 1 is 1.17 bits per heavy atom. The first kappa shape index (κ1) is 21.4. The SMILES string of the molecule is C=C(C)C(=O)OCC(=O)OCCOCCCC(F)(F)S(=O)(=O)O. The van der Waals surface area contributed by atoms with Crippen molar-refractivity contribution in [3.05, 3.63) is 12.2 Å². The summed E-state index contributed by atoms with van der Waals surface area (Å²) in [7, 11) is -5.44. The molecular weight excluding hydrogens is 342 g/mol. The third kappa shape index (κ3) is 9.21. The van der Waals surface area contributed by atoms with Gasteiger partial charge in [-0.25, -0.2) is 9.59 Å². The number of alkyl halides is 2. The zero-order valence-corrected chi connectivity index (χ0v) is 13.2. The van der Waals surface area contributed by atoms with E-state index in [1.54, 1.807) is 0 Å². The van der Waals surface area contributed by atoms with Crippen LogP contribution < -0.4 is 0 Å². The van der Waals surface area contributed by atoms with E-state index in [1.807, 2.05) is 0 Å². The lowest BCUT2D eigenvalue weighted by Crippen LogP contribution is -2.28. The molecule has 0 aromatic heterocycles. The van der Waals surface area contributed by atoms with Crippen molar-refractivity contribution in [2.24, 2.45) is 0 Å². The largest absolute Gasteiger partial charge is 0.461 e. The Balaban J connectivity index is 3.69. The molecule has 0 spiro atoms. The minimum absolute atomic E-state index is 0.113. The minimum Gasteiger partial charge on any atom is -0.461 e. The molecule has 0 aromatic rings. The first-order valence-electron chi connectivity index (χ1n) is 6.38. The Morgan fingerprint density at radius 2 is 1.78 bits per heavy atom. The molecule has 1 N–H and O–H groups in total. The molecule has 8 nitrogen and oxygen atoms in total. The van der Waals surface area contributed by atoms with E-state index in [4.69, 9.17) is 9.29 Å². The normalized spacial score (nSPS) is 11.8. The second kappa shape index (κ2) is 9.53. The van der Waals surface area contributed by atoms with Gasteiger partial charge in [-0.05, 0) is 13.3 Å². The lowest BCUT2D eigenvalue weighted by molar-refractivity contribution is -0.157. The molecule has 0 unspecified atom stereocenters. The molecule has 0 aromatic carbocycles. The van der Waals surface area contributed by atoms with Gasteiger partial charge in [0.1, 0.15) is 6.61 Å². The van der Waals surface area contributed by atoms with Crippen molar-refractivity contribution in [3.8, 4) is 0 Å². The minimum atomic E-state index is -5.44. The first-order chi connectivity index (χ1) is 10.5. The maximum Gasteiger partial charge on any atom is 0.370 e. The van der Waals surface area contributed by atoms with Gasteiger partial charge in [0.2, 0.25) is 0 Å². The van der Waals surface area contributed by atoms with E-state index >= 15 is 0 Å². The molecule has 0 aliphatic heterocycles. The summed E-state index contributed by atoms with van der Waals surface area (Å²) in [6.07, 6.45) is -1.42. The second-order valence-electron chi connectivity index (χ2n) is 4.41. The van der Waals surface area contributed by atoms with Gasteiger partial charge in [-0.2, -0.15) is 17.2 Å². The molecule has 134 valence electrons. The molecule has 0 rings (SSSR count). The second-order valence-corrected chi connectivity index (χ2v) is 5.95. The van der Waals surface area contributed by atoms with Crippen LogP contribution in [0.3, 0.4) is 0 Å². The van der Waals surface area contributed by atoms with E-state index in [2.05, 4.69) is 16.1 Å². The molecule has 0 heterocycles. The Hall–Kier alpha value is -1.59. The van der Waals surface area contributed by atoms with E-state index < -0.39 is 40.3 Å². The first-order valence-corrected chi connectivity index (χ1v) is 7.82. The van der Waals surface area contributed by atoms with Gasteiger partial charge in [-0.1, -0.05) is 6.58 Å². The van der Waals surface area contributed by atoms with Gasteiger partial charge >= 0.3 is 27.3 Å². The van der Waals surface area contributed by atoms with Crippen molar-refractivity contribution >= 4 is 22.1 Å². The predicted octanol–water partition coefficient (Wildman–Crippen LogP) is 0.926. The van der Waals surface area contributed by atoms with Gasteiger partial charge in [0, 0.05) is 18.6 Å². The Morgan fingerprint density at radius 3 is 2.30 bits per heavy atom. The molecule has 0 aliphatic carbocycles. The fourth-order valence-electron chi connectivity index (χ4n) is 1.11. The van der Waals surface area contributed by atoms with Gasteiger partial charge in [0.05, 0.1) is 6.61 Å². The van der Waals surface area contributed by atoms with Crippen molar-refractivity contribution in [3.63, 3.8) is 0 Å². The number of carbonyl (C=O) groups excluding carboxylic acids is 2. The smallest absolute Gasteiger partial charge is 0.370 e. The average molecular weight is 360 g/mol. The fourth-order valence-corrected chi connectivity index (χ4v) is 1.52. The summed E-state index contributed by atoms with van der Waals surface area (Å²) >= 11 is 0. The van der Waals surface area contributed by atoms with Crippen LogP contribution in [0.5, 0.6) is 0 Å². The highest BCUT2D eigenvalue weighted by atomic mass is 32.2. The summed E-state index contributed by atoms with van der Waals surface area (Å²) in [6, 6.07) is 0. The predicted molar refractivity (Wildman–Crippen MR) is 73.3 cm³/mol. The summed E-state index contributed by atoms with van der Waals surface area (Å²) in [5.41, 5.74) is 0.128. The summed E-state index contributed by atoms with van der Waals surface area (Å²) in [5, 5.41) is -4.23. The highest BCUT2D eigenvalue weighted by molar-refractivity contribution is 7.86. The molecule has 0 fully saturated rings. The molecule has 0 radical (unpaired) electrons. The number of carbonyl (C=O) groups is 2. The lowest BCUT2D eigenvalue weighted by atomic mass is 10.3. The number of hydrogen-bond donors (Lipinski definition) is 1. The fraction of sp³-hybridized carbons (Fsp3) is 0.667. The average Bonchev–Trinajstić information content (AvgIpc) is 2.42. The van der Waals surface area contributed by atoms with Crippen molar-refractivity contribution in [1.29, 1.82) is 0 Å². The van der Waals surface area contributed by atoms with E-state index in [-0.39, 0.29) is 31.8 Å². The molecule has 23 heavy (non-hydrogen) atoms. The van der Waals surface area contributed by atoms with Gasteiger partial charge in [-0.3, -0.25) is 4.55 Å². The van der Waals surface area contributed by atoms with Crippen LogP contribution in [0.4, 0.5) is 8.78 Å². The van der Waals surface area contributed by atoms with Crippen LogP contribution >= 0.6 is 0 Å². The van der Waals surface area contributed by atoms with Gasteiger partial charge in [-0.15, -0.1) is 0 Å². The molecule has 0 amide bonds. The van der Waals surface area contributed by atoms with E-state index in [1.165, 1.54) is 6.92 Å². The number of ether oxygens (including phenoxy) is 3. The van der Waals surface area contributed by atoms with E-state index in [9.17, 15) is 26.8 Å². The lowest BCUT2D eigenvalue weighted by Gasteiger charge is -2.12. The molecule has 0 atom stereocenters. The Bertz CT molecular complexity index is 529. The molecule has 0 saturated heterocycles. The van der Waals surface area contributed by atoms with Crippen LogP contribution in [0.2, 0.25) is 0 Å². The van der Waals surface area contributed by atoms with Crippen LogP contribution in [-0.2, 0) is 33.9 Å². The molecule has 11 heteroatoms. The third-order valence-corrected chi connectivity index (χ3v) is 3.25. The highest BCUT2D eigenvalue weighted by Gasteiger charge is 2.42. The highest BCUT2D eigenvalue weighted by Crippen LogP contribution is 2.25. The summed E-state index contributed by atoms with van der Waals surface area (Å²) < 4.78 is 68.5. The summed E-state index contributed by atoms with van der Waals surface area (Å²) in [6.45, 7) is 3.61. The van der Waals surface area contributed by atoms with Crippen molar-refractivity contribution in [1.82, 2.24) is 0 Å².